The molecule has 0 aromatic carbocycles. The number of rotatable bonds is 7. The van der Waals surface area contributed by atoms with Crippen molar-refractivity contribution in [3.05, 3.63) is 0 Å². The molecule has 1 unspecified atom stereocenters. The van der Waals surface area contributed by atoms with Crippen molar-refractivity contribution >= 4 is 23.6 Å². The first-order valence-electron chi connectivity index (χ1n) is 6.47. The highest BCUT2D eigenvalue weighted by atomic mass is 32.2. The molecule has 0 bridgehead atoms. The van der Waals surface area contributed by atoms with E-state index in [1.54, 1.807) is 11.8 Å². The zero-order valence-corrected chi connectivity index (χ0v) is 12.0. The third kappa shape index (κ3) is 4.88. The van der Waals surface area contributed by atoms with Gasteiger partial charge in [0.2, 0.25) is 5.91 Å². The van der Waals surface area contributed by atoms with Crippen molar-refractivity contribution in [2.24, 2.45) is 5.41 Å². The highest BCUT2D eigenvalue weighted by Crippen LogP contribution is 2.44. The monoisotopic (exact) mass is 273 g/mol. The van der Waals surface area contributed by atoms with Gasteiger partial charge in [0, 0.05) is 18.2 Å². The first-order chi connectivity index (χ1) is 8.47. The van der Waals surface area contributed by atoms with Crippen LogP contribution in [0.1, 0.15) is 45.4 Å². The number of aliphatic carboxylic acids is 1. The smallest absolute Gasteiger partial charge is 0.303 e. The van der Waals surface area contributed by atoms with Crippen molar-refractivity contribution in [1.82, 2.24) is 5.32 Å². The van der Waals surface area contributed by atoms with Crippen LogP contribution in [0.5, 0.6) is 0 Å². The maximum atomic E-state index is 12.0. The van der Waals surface area contributed by atoms with E-state index in [4.69, 9.17) is 5.11 Å². The van der Waals surface area contributed by atoms with Gasteiger partial charge in [-0.05, 0) is 31.4 Å². The molecule has 0 aromatic heterocycles. The molecule has 1 saturated carbocycles. The minimum absolute atomic E-state index is 0.000278. The molecule has 0 spiro atoms. The lowest BCUT2D eigenvalue weighted by Crippen LogP contribution is -2.38. The predicted octanol–water partition coefficient (Wildman–Crippen LogP) is 2.28. The van der Waals surface area contributed by atoms with Crippen LogP contribution in [0.2, 0.25) is 0 Å². The van der Waals surface area contributed by atoms with Gasteiger partial charge in [-0.15, -0.1) is 0 Å². The Bertz CT molecular complexity index is 301. The third-order valence-electron chi connectivity index (χ3n) is 3.55. The van der Waals surface area contributed by atoms with Crippen molar-refractivity contribution in [3.8, 4) is 0 Å². The minimum Gasteiger partial charge on any atom is -0.481 e. The van der Waals surface area contributed by atoms with Crippen LogP contribution in [0.15, 0.2) is 0 Å². The lowest BCUT2D eigenvalue weighted by Gasteiger charge is -2.27. The number of amides is 1. The van der Waals surface area contributed by atoms with E-state index in [-0.39, 0.29) is 23.8 Å². The number of carbonyl (C=O) groups is 2. The summed E-state index contributed by atoms with van der Waals surface area (Å²) in [5.41, 5.74) is -0.297. The lowest BCUT2D eigenvalue weighted by atomic mass is 9.79. The number of hydrogen-bond donors (Lipinski definition) is 2. The van der Waals surface area contributed by atoms with Crippen molar-refractivity contribution < 1.29 is 14.7 Å². The summed E-state index contributed by atoms with van der Waals surface area (Å²) in [4.78, 5) is 22.9. The Kier molecular flexibility index (Phi) is 5.99. The van der Waals surface area contributed by atoms with Crippen molar-refractivity contribution in [2.75, 3.05) is 12.0 Å². The third-order valence-corrected chi connectivity index (χ3v) is 4.38. The zero-order valence-electron chi connectivity index (χ0n) is 11.2. The van der Waals surface area contributed by atoms with Crippen LogP contribution in [0, 0.1) is 5.41 Å². The summed E-state index contributed by atoms with van der Waals surface area (Å²) in [5.74, 6) is 0.0964. The summed E-state index contributed by atoms with van der Waals surface area (Å²) < 4.78 is 0. The Morgan fingerprint density at radius 3 is 2.44 bits per heavy atom. The van der Waals surface area contributed by atoms with E-state index in [9.17, 15) is 9.59 Å². The average molecular weight is 273 g/mol. The van der Waals surface area contributed by atoms with Gasteiger partial charge in [-0.25, -0.2) is 0 Å². The first kappa shape index (κ1) is 15.3. The molecule has 1 fully saturated rings. The molecule has 1 aliphatic rings. The highest BCUT2D eigenvalue weighted by Gasteiger charge is 2.38. The van der Waals surface area contributed by atoms with Crippen molar-refractivity contribution in [1.29, 1.82) is 0 Å². The van der Waals surface area contributed by atoms with Gasteiger partial charge in [0.15, 0.2) is 0 Å². The number of hydrogen-bond acceptors (Lipinski definition) is 3. The van der Waals surface area contributed by atoms with Crippen LogP contribution in [-0.4, -0.2) is 35.0 Å². The Hall–Kier alpha value is -0.710. The van der Waals surface area contributed by atoms with Gasteiger partial charge in [-0.3, -0.25) is 9.59 Å². The largest absolute Gasteiger partial charge is 0.481 e. The van der Waals surface area contributed by atoms with Crippen LogP contribution < -0.4 is 5.32 Å². The van der Waals surface area contributed by atoms with E-state index in [0.29, 0.717) is 6.42 Å². The molecule has 1 amide bonds. The Labute approximate surface area is 113 Å². The summed E-state index contributed by atoms with van der Waals surface area (Å²) in [7, 11) is 0. The van der Waals surface area contributed by atoms with Crippen LogP contribution in [0.4, 0.5) is 0 Å². The molecule has 5 heteroatoms. The van der Waals surface area contributed by atoms with Gasteiger partial charge >= 0.3 is 5.97 Å². The molecule has 18 heavy (non-hydrogen) atoms. The quantitative estimate of drug-likeness (QED) is 0.747. The second-order valence-corrected chi connectivity index (χ2v) is 6.29. The molecule has 0 aromatic rings. The molecule has 0 heterocycles. The molecule has 1 atom stereocenters. The van der Waals surface area contributed by atoms with Crippen LogP contribution in [0.3, 0.4) is 0 Å². The van der Waals surface area contributed by atoms with Crippen molar-refractivity contribution in [3.63, 3.8) is 0 Å². The van der Waals surface area contributed by atoms with Crippen molar-refractivity contribution in [2.45, 2.75) is 51.5 Å². The summed E-state index contributed by atoms with van der Waals surface area (Å²) in [6, 6.07) is 0.149. The van der Waals surface area contributed by atoms with Gasteiger partial charge in [-0.2, -0.15) is 11.8 Å². The number of carbonyl (C=O) groups excluding carboxylic acids is 1. The van der Waals surface area contributed by atoms with E-state index >= 15 is 0 Å². The minimum atomic E-state index is -0.790. The van der Waals surface area contributed by atoms with Gasteiger partial charge in [0.1, 0.15) is 0 Å². The van der Waals surface area contributed by atoms with Crippen LogP contribution >= 0.6 is 11.8 Å². The summed E-state index contributed by atoms with van der Waals surface area (Å²) >= 11 is 1.70. The van der Waals surface area contributed by atoms with E-state index in [1.165, 1.54) is 0 Å². The van der Waals surface area contributed by atoms with Gasteiger partial charge in [-0.1, -0.05) is 12.8 Å². The van der Waals surface area contributed by atoms with E-state index in [2.05, 4.69) is 5.32 Å². The zero-order chi connectivity index (χ0) is 13.6. The second kappa shape index (κ2) is 7.02. The maximum absolute atomic E-state index is 12.0. The van der Waals surface area contributed by atoms with Gasteiger partial charge < -0.3 is 10.4 Å². The van der Waals surface area contributed by atoms with Gasteiger partial charge in [0.05, 0.1) is 6.42 Å². The topological polar surface area (TPSA) is 66.4 Å². The molecular formula is C13H23NO3S. The van der Waals surface area contributed by atoms with Crippen LogP contribution in [0.25, 0.3) is 0 Å². The highest BCUT2D eigenvalue weighted by molar-refractivity contribution is 7.98. The Balaban J connectivity index is 2.50. The number of thioether (sulfide) groups is 1. The molecular weight excluding hydrogens is 250 g/mol. The fraction of sp³-hybridized carbons (Fsp3) is 0.846. The average Bonchev–Trinajstić information content (AvgIpc) is 2.64. The molecule has 104 valence electrons. The normalized spacial score (nSPS) is 19.4. The Morgan fingerprint density at radius 1 is 1.33 bits per heavy atom. The summed E-state index contributed by atoms with van der Waals surface area (Å²) in [6.07, 6.45) is 6.30. The maximum Gasteiger partial charge on any atom is 0.303 e. The summed E-state index contributed by atoms with van der Waals surface area (Å²) in [5, 5.41) is 11.9. The number of nitrogens with one attached hydrogen (secondary N) is 1. The van der Waals surface area contributed by atoms with E-state index in [0.717, 1.165) is 31.4 Å². The molecule has 1 aliphatic carbocycles. The molecule has 4 nitrogen and oxygen atoms in total. The number of carboxylic acids is 1. The second-order valence-electron chi connectivity index (χ2n) is 5.38. The standard InChI is InChI=1S/C13H23NO3S/c1-10(9-18-2)14-11(15)7-13(8-12(16)17)5-3-4-6-13/h10H,3-9H2,1-2H3,(H,14,15)(H,16,17). The molecule has 0 radical (unpaired) electrons. The Morgan fingerprint density at radius 2 is 1.94 bits per heavy atom. The fourth-order valence-corrected chi connectivity index (χ4v) is 3.40. The summed E-state index contributed by atoms with van der Waals surface area (Å²) in [6.45, 7) is 1.98. The molecule has 2 N–H and O–H groups in total. The SMILES string of the molecule is CSCC(C)NC(=O)CC1(CC(=O)O)CCCC1. The predicted molar refractivity (Wildman–Crippen MR) is 73.8 cm³/mol. The van der Waals surface area contributed by atoms with Crippen LogP contribution in [-0.2, 0) is 9.59 Å². The molecule has 0 aliphatic heterocycles. The lowest BCUT2D eigenvalue weighted by molar-refractivity contribution is -0.140. The van der Waals surface area contributed by atoms with E-state index in [1.807, 2.05) is 13.2 Å². The van der Waals surface area contributed by atoms with E-state index < -0.39 is 5.97 Å². The first-order valence-corrected chi connectivity index (χ1v) is 7.87. The molecule has 1 rings (SSSR count). The fourth-order valence-electron chi connectivity index (χ4n) is 2.82. The van der Waals surface area contributed by atoms with Gasteiger partial charge in [0.25, 0.3) is 0 Å². The number of carboxylic acid groups (broad SMARTS) is 1. The molecule has 0 saturated heterocycles.